The van der Waals surface area contributed by atoms with Gasteiger partial charge in [0.2, 0.25) is 0 Å². The summed E-state index contributed by atoms with van der Waals surface area (Å²) in [6.07, 6.45) is 2.36. The van der Waals surface area contributed by atoms with E-state index < -0.39 is 0 Å². The zero-order valence-electron chi connectivity index (χ0n) is 12.5. The summed E-state index contributed by atoms with van der Waals surface area (Å²) in [5.74, 6) is 1.29. The number of rotatable bonds is 4. The maximum atomic E-state index is 12.0. The van der Waals surface area contributed by atoms with Gasteiger partial charge in [0.25, 0.3) is 5.91 Å². The van der Waals surface area contributed by atoms with E-state index in [1.54, 1.807) is 13.2 Å². The molecule has 0 bridgehead atoms. The van der Waals surface area contributed by atoms with Crippen molar-refractivity contribution in [2.75, 3.05) is 7.11 Å². The van der Waals surface area contributed by atoms with Gasteiger partial charge >= 0.3 is 0 Å². The summed E-state index contributed by atoms with van der Waals surface area (Å²) < 4.78 is 6.13. The number of halogens is 1. The maximum absolute atomic E-state index is 12.0. The second-order valence-electron chi connectivity index (χ2n) is 5.12. The first kappa shape index (κ1) is 15.5. The zero-order chi connectivity index (χ0) is 16.2. The summed E-state index contributed by atoms with van der Waals surface area (Å²) in [5.41, 5.74) is 2.43. The van der Waals surface area contributed by atoms with Crippen LogP contribution in [0.15, 0.2) is 63.7 Å². The molecule has 2 aromatic carbocycles. The van der Waals surface area contributed by atoms with E-state index in [0.717, 1.165) is 21.3 Å². The van der Waals surface area contributed by atoms with Crippen LogP contribution in [0.1, 0.15) is 11.1 Å². The second kappa shape index (κ2) is 6.79. The highest BCUT2D eigenvalue weighted by molar-refractivity contribution is 9.10. The van der Waals surface area contributed by atoms with Crippen LogP contribution < -0.4 is 10.1 Å². The first-order valence-corrected chi connectivity index (χ1v) is 7.92. The van der Waals surface area contributed by atoms with Gasteiger partial charge in [-0.25, -0.2) is 4.99 Å². The SMILES string of the molecule is COc1ccc(CC2=N/C(=C/c3ccc(Br)cc3)C(=O)N2)cc1. The molecule has 1 heterocycles. The summed E-state index contributed by atoms with van der Waals surface area (Å²) in [5, 5.41) is 2.81. The first-order chi connectivity index (χ1) is 11.1. The second-order valence-corrected chi connectivity index (χ2v) is 6.03. The molecule has 23 heavy (non-hydrogen) atoms. The van der Waals surface area contributed by atoms with Gasteiger partial charge < -0.3 is 10.1 Å². The zero-order valence-corrected chi connectivity index (χ0v) is 14.1. The van der Waals surface area contributed by atoms with Crippen molar-refractivity contribution in [2.24, 2.45) is 4.99 Å². The molecule has 0 saturated heterocycles. The minimum atomic E-state index is -0.170. The fourth-order valence-corrected chi connectivity index (χ4v) is 2.52. The van der Waals surface area contributed by atoms with Crippen LogP contribution in [0.5, 0.6) is 5.75 Å². The Morgan fingerprint density at radius 1 is 1.13 bits per heavy atom. The summed E-state index contributed by atoms with van der Waals surface area (Å²) in [4.78, 5) is 16.4. The lowest BCUT2D eigenvalue weighted by atomic mass is 10.1. The Kier molecular flexibility index (Phi) is 4.57. The van der Waals surface area contributed by atoms with Crippen LogP contribution in [0.4, 0.5) is 0 Å². The van der Waals surface area contributed by atoms with Crippen LogP contribution in [-0.4, -0.2) is 18.9 Å². The number of carbonyl (C=O) groups is 1. The van der Waals surface area contributed by atoms with E-state index in [1.807, 2.05) is 48.5 Å². The molecule has 1 aliphatic rings. The van der Waals surface area contributed by atoms with Crippen LogP contribution in [-0.2, 0) is 11.2 Å². The molecule has 1 N–H and O–H groups in total. The molecule has 1 amide bonds. The van der Waals surface area contributed by atoms with E-state index in [1.165, 1.54) is 0 Å². The normalized spacial score (nSPS) is 15.5. The highest BCUT2D eigenvalue weighted by Gasteiger charge is 2.19. The predicted molar refractivity (Wildman–Crippen MR) is 94.4 cm³/mol. The molecule has 116 valence electrons. The number of benzene rings is 2. The lowest BCUT2D eigenvalue weighted by Gasteiger charge is -2.03. The molecule has 0 radical (unpaired) electrons. The van der Waals surface area contributed by atoms with E-state index in [9.17, 15) is 4.79 Å². The quantitative estimate of drug-likeness (QED) is 0.836. The number of carbonyl (C=O) groups excluding carboxylic acids is 1. The Labute approximate surface area is 143 Å². The van der Waals surface area contributed by atoms with Gasteiger partial charge in [-0.2, -0.15) is 0 Å². The van der Waals surface area contributed by atoms with Crippen molar-refractivity contribution < 1.29 is 9.53 Å². The smallest absolute Gasteiger partial charge is 0.275 e. The molecular weight excluding hydrogens is 356 g/mol. The average Bonchev–Trinajstić information content (AvgIpc) is 2.90. The average molecular weight is 371 g/mol. The lowest BCUT2D eigenvalue weighted by Crippen LogP contribution is -2.25. The molecule has 0 spiro atoms. The number of nitrogens with one attached hydrogen (secondary N) is 1. The highest BCUT2D eigenvalue weighted by Crippen LogP contribution is 2.17. The molecule has 0 unspecified atom stereocenters. The van der Waals surface area contributed by atoms with Crippen LogP contribution in [0.25, 0.3) is 6.08 Å². The van der Waals surface area contributed by atoms with Gasteiger partial charge in [-0.3, -0.25) is 4.79 Å². The largest absolute Gasteiger partial charge is 0.497 e. The summed E-state index contributed by atoms with van der Waals surface area (Å²) in [7, 11) is 1.63. The molecule has 0 saturated carbocycles. The Morgan fingerprint density at radius 3 is 2.48 bits per heavy atom. The number of ether oxygens (including phenoxy) is 1. The Hall–Kier alpha value is -2.40. The number of nitrogens with zero attached hydrogens (tertiary/aromatic N) is 1. The standard InChI is InChI=1S/C18H15BrN2O2/c1-23-15-8-4-13(5-9-15)11-17-20-16(18(22)21-17)10-12-2-6-14(19)7-3-12/h2-10H,11H2,1H3,(H,20,21,22)/b16-10+. The summed E-state index contributed by atoms with van der Waals surface area (Å²) in [6.45, 7) is 0. The third-order valence-electron chi connectivity index (χ3n) is 3.45. The van der Waals surface area contributed by atoms with Crippen molar-refractivity contribution in [3.05, 3.63) is 69.8 Å². The topological polar surface area (TPSA) is 50.7 Å². The van der Waals surface area contributed by atoms with Crippen molar-refractivity contribution in [3.8, 4) is 5.75 Å². The highest BCUT2D eigenvalue weighted by atomic mass is 79.9. The van der Waals surface area contributed by atoms with E-state index in [4.69, 9.17) is 4.74 Å². The van der Waals surface area contributed by atoms with Gasteiger partial charge in [0.1, 0.15) is 17.3 Å². The number of methoxy groups -OCH3 is 1. The van der Waals surface area contributed by atoms with Crippen molar-refractivity contribution in [1.82, 2.24) is 5.32 Å². The van der Waals surface area contributed by atoms with E-state index >= 15 is 0 Å². The van der Waals surface area contributed by atoms with Crippen LogP contribution in [0.3, 0.4) is 0 Å². The Morgan fingerprint density at radius 2 is 1.83 bits per heavy atom. The molecule has 0 aromatic heterocycles. The number of amides is 1. The molecule has 4 nitrogen and oxygen atoms in total. The van der Waals surface area contributed by atoms with Gasteiger partial charge in [0.15, 0.2) is 0 Å². The lowest BCUT2D eigenvalue weighted by molar-refractivity contribution is -0.115. The minimum absolute atomic E-state index is 0.170. The van der Waals surface area contributed by atoms with Gasteiger partial charge in [-0.05, 0) is 41.5 Å². The van der Waals surface area contributed by atoms with Gasteiger partial charge in [-0.1, -0.05) is 40.2 Å². The van der Waals surface area contributed by atoms with E-state index in [-0.39, 0.29) is 5.91 Å². The Bertz CT molecular complexity index is 778. The van der Waals surface area contributed by atoms with Crippen LogP contribution >= 0.6 is 15.9 Å². The number of amidine groups is 1. The monoisotopic (exact) mass is 370 g/mol. The molecule has 2 aromatic rings. The molecular formula is C18H15BrN2O2. The van der Waals surface area contributed by atoms with Crippen molar-refractivity contribution >= 4 is 33.7 Å². The first-order valence-electron chi connectivity index (χ1n) is 7.13. The van der Waals surface area contributed by atoms with E-state index in [2.05, 4.69) is 26.2 Å². The molecule has 5 heteroatoms. The van der Waals surface area contributed by atoms with Crippen molar-refractivity contribution in [3.63, 3.8) is 0 Å². The van der Waals surface area contributed by atoms with Crippen LogP contribution in [0, 0.1) is 0 Å². The third kappa shape index (κ3) is 3.87. The number of hydrogen-bond donors (Lipinski definition) is 1. The maximum Gasteiger partial charge on any atom is 0.275 e. The fraction of sp³-hybridized carbons (Fsp3) is 0.111. The fourth-order valence-electron chi connectivity index (χ4n) is 2.25. The number of aliphatic imine (C=N–C) groups is 1. The van der Waals surface area contributed by atoms with Crippen molar-refractivity contribution in [2.45, 2.75) is 6.42 Å². The molecule has 0 aliphatic carbocycles. The Balaban J connectivity index is 1.76. The third-order valence-corrected chi connectivity index (χ3v) is 3.98. The predicted octanol–water partition coefficient (Wildman–Crippen LogP) is 3.57. The molecule has 0 fully saturated rings. The molecule has 0 atom stereocenters. The van der Waals surface area contributed by atoms with Gasteiger partial charge in [0, 0.05) is 10.9 Å². The van der Waals surface area contributed by atoms with Gasteiger partial charge in [-0.15, -0.1) is 0 Å². The van der Waals surface area contributed by atoms with E-state index in [0.29, 0.717) is 18.0 Å². The molecule has 1 aliphatic heterocycles. The summed E-state index contributed by atoms with van der Waals surface area (Å²) >= 11 is 3.39. The minimum Gasteiger partial charge on any atom is -0.497 e. The van der Waals surface area contributed by atoms with Crippen LogP contribution in [0.2, 0.25) is 0 Å². The number of hydrogen-bond acceptors (Lipinski definition) is 3. The molecule has 3 rings (SSSR count). The van der Waals surface area contributed by atoms with Crippen molar-refractivity contribution in [1.29, 1.82) is 0 Å². The van der Waals surface area contributed by atoms with Gasteiger partial charge in [0.05, 0.1) is 7.11 Å². The summed E-state index contributed by atoms with van der Waals surface area (Å²) in [6, 6.07) is 15.4.